The first kappa shape index (κ1) is 7.47. The number of hydrogen-bond donors (Lipinski definition) is 1. The van der Waals surface area contributed by atoms with Crippen LogP contribution in [-0.4, -0.2) is 20.3 Å². The molecule has 0 amide bonds. The lowest BCUT2D eigenvalue weighted by Crippen LogP contribution is -1.88. The van der Waals surface area contributed by atoms with Gasteiger partial charge in [0.25, 0.3) is 0 Å². The lowest BCUT2D eigenvalue weighted by Gasteiger charge is -1.91. The Labute approximate surface area is 70.7 Å². The first-order chi connectivity index (χ1) is 6.20. The van der Waals surface area contributed by atoms with Gasteiger partial charge in [0, 0.05) is 6.07 Å². The third-order valence-electron chi connectivity index (χ3n) is 1.57. The summed E-state index contributed by atoms with van der Waals surface area (Å²) in [6, 6.07) is 2.31. The fourth-order valence-electron chi connectivity index (χ4n) is 0.988. The number of benzene rings is 1. The summed E-state index contributed by atoms with van der Waals surface area (Å²) < 4.78 is 4.27. The number of aromatic nitrogens is 2. The van der Waals surface area contributed by atoms with E-state index in [1.807, 2.05) is 0 Å². The number of non-ortho nitro benzene ring substituents is 1. The van der Waals surface area contributed by atoms with Gasteiger partial charge in [-0.05, 0) is 16.4 Å². The molecule has 1 N–H and O–H groups in total. The lowest BCUT2D eigenvalue weighted by molar-refractivity contribution is -0.383. The summed E-state index contributed by atoms with van der Waals surface area (Å²) in [6.07, 6.45) is 0. The highest BCUT2D eigenvalue weighted by atomic mass is 16.6. The number of fused-ring (bicyclic) bond motifs is 1. The molecule has 0 radical (unpaired) electrons. The Kier molecular flexibility index (Phi) is 1.38. The first-order valence-electron chi connectivity index (χ1n) is 3.29. The van der Waals surface area contributed by atoms with E-state index < -0.39 is 4.92 Å². The molecule has 13 heavy (non-hydrogen) atoms. The lowest BCUT2D eigenvalue weighted by atomic mass is 10.2. The zero-order valence-electron chi connectivity index (χ0n) is 6.17. The molecular weight excluding hydrogens is 178 g/mol. The van der Waals surface area contributed by atoms with Crippen LogP contribution in [0.2, 0.25) is 0 Å². The zero-order valence-corrected chi connectivity index (χ0v) is 6.17. The predicted molar refractivity (Wildman–Crippen MR) is 40.1 cm³/mol. The van der Waals surface area contributed by atoms with Crippen molar-refractivity contribution in [3.8, 4) is 5.75 Å². The van der Waals surface area contributed by atoms with Crippen molar-refractivity contribution in [1.82, 2.24) is 10.3 Å². The number of phenols is 1. The largest absolute Gasteiger partial charge is 0.505 e. The van der Waals surface area contributed by atoms with Crippen LogP contribution < -0.4 is 0 Å². The Morgan fingerprint density at radius 2 is 2.08 bits per heavy atom. The first-order valence-corrected chi connectivity index (χ1v) is 3.29. The van der Waals surface area contributed by atoms with Crippen LogP contribution in [0.5, 0.6) is 5.75 Å². The van der Waals surface area contributed by atoms with Crippen LogP contribution in [0, 0.1) is 10.1 Å². The van der Waals surface area contributed by atoms with Gasteiger partial charge < -0.3 is 5.11 Å². The van der Waals surface area contributed by atoms with Crippen LogP contribution >= 0.6 is 0 Å². The Morgan fingerprint density at radius 3 is 2.77 bits per heavy atom. The van der Waals surface area contributed by atoms with E-state index in [4.69, 9.17) is 0 Å². The topological polar surface area (TPSA) is 102 Å². The average molecular weight is 181 g/mol. The van der Waals surface area contributed by atoms with Gasteiger partial charge in [-0.1, -0.05) is 0 Å². The Bertz CT molecular complexity index is 478. The molecule has 0 bridgehead atoms. The Morgan fingerprint density at radius 1 is 1.38 bits per heavy atom. The second-order valence-electron chi connectivity index (χ2n) is 2.32. The van der Waals surface area contributed by atoms with Gasteiger partial charge in [0.05, 0.1) is 4.92 Å². The minimum atomic E-state index is -0.619. The number of nitrogens with zero attached hydrogens (tertiary/aromatic N) is 3. The van der Waals surface area contributed by atoms with Gasteiger partial charge >= 0.3 is 5.69 Å². The molecule has 0 aliphatic rings. The van der Waals surface area contributed by atoms with Gasteiger partial charge in [0.2, 0.25) is 5.52 Å². The Balaban J connectivity index is 2.86. The molecule has 0 saturated heterocycles. The molecule has 66 valence electrons. The van der Waals surface area contributed by atoms with Gasteiger partial charge in [-0.25, -0.2) is 4.63 Å². The van der Waals surface area contributed by atoms with E-state index in [2.05, 4.69) is 14.9 Å². The smallest absolute Gasteiger partial charge is 0.301 e. The summed E-state index contributed by atoms with van der Waals surface area (Å²) in [5.74, 6) is -0.193. The van der Waals surface area contributed by atoms with Gasteiger partial charge in [-0.3, -0.25) is 10.1 Å². The standard InChI is InChI=1S/C6H3N3O4/c10-4-2-1-3(9(11)12)5-6(4)8-13-7-5/h1-2,10H. The van der Waals surface area contributed by atoms with Crippen LogP contribution in [0.4, 0.5) is 5.69 Å². The third kappa shape index (κ3) is 0.975. The second kappa shape index (κ2) is 2.41. The molecule has 1 aromatic carbocycles. The summed E-state index contributed by atoms with van der Waals surface area (Å²) in [7, 11) is 0. The van der Waals surface area contributed by atoms with Gasteiger partial charge in [-0.2, -0.15) is 0 Å². The third-order valence-corrected chi connectivity index (χ3v) is 1.57. The molecule has 0 unspecified atom stereocenters. The monoisotopic (exact) mass is 181 g/mol. The van der Waals surface area contributed by atoms with Crippen LogP contribution in [-0.2, 0) is 0 Å². The van der Waals surface area contributed by atoms with Crippen molar-refractivity contribution in [3.05, 3.63) is 22.2 Å². The molecule has 0 spiro atoms. The highest BCUT2D eigenvalue weighted by molar-refractivity contribution is 5.87. The van der Waals surface area contributed by atoms with Crippen LogP contribution in [0.3, 0.4) is 0 Å². The Hall–Kier alpha value is -2.18. The van der Waals surface area contributed by atoms with Crippen LogP contribution in [0.25, 0.3) is 11.0 Å². The van der Waals surface area contributed by atoms with Gasteiger partial charge in [0.15, 0.2) is 5.52 Å². The molecule has 1 aromatic heterocycles. The molecule has 1 heterocycles. The number of nitro groups is 1. The van der Waals surface area contributed by atoms with E-state index in [0.29, 0.717) is 0 Å². The fourth-order valence-corrected chi connectivity index (χ4v) is 0.988. The molecular formula is C6H3N3O4. The van der Waals surface area contributed by atoms with E-state index in [1.54, 1.807) is 0 Å². The van der Waals surface area contributed by atoms with Gasteiger partial charge in [0.1, 0.15) is 5.75 Å². The maximum atomic E-state index is 10.4. The molecule has 0 saturated carbocycles. The van der Waals surface area contributed by atoms with Crippen LogP contribution in [0.1, 0.15) is 0 Å². The quantitative estimate of drug-likeness (QED) is 0.516. The van der Waals surface area contributed by atoms with E-state index in [9.17, 15) is 15.2 Å². The maximum Gasteiger partial charge on any atom is 0.301 e. The number of rotatable bonds is 1. The molecule has 2 rings (SSSR count). The summed E-state index contributed by atoms with van der Waals surface area (Å²) >= 11 is 0. The van der Waals surface area contributed by atoms with E-state index in [1.165, 1.54) is 6.07 Å². The number of nitro benzene ring substituents is 1. The van der Waals surface area contributed by atoms with Crippen molar-refractivity contribution >= 4 is 16.7 Å². The van der Waals surface area contributed by atoms with Crippen molar-refractivity contribution in [2.75, 3.05) is 0 Å². The van der Waals surface area contributed by atoms with Crippen molar-refractivity contribution in [1.29, 1.82) is 0 Å². The van der Waals surface area contributed by atoms with E-state index >= 15 is 0 Å². The molecule has 0 atom stereocenters. The predicted octanol–water partition coefficient (Wildman–Crippen LogP) is 0.837. The molecule has 0 fully saturated rings. The van der Waals surface area contributed by atoms with Gasteiger partial charge in [-0.15, -0.1) is 0 Å². The fraction of sp³-hybridized carbons (Fsp3) is 0. The minimum absolute atomic E-state index is 0.00537. The van der Waals surface area contributed by atoms with E-state index in [-0.39, 0.29) is 22.5 Å². The maximum absolute atomic E-state index is 10.4. The van der Waals surface area contributed by atoms with E-state index in [0.717, 1.165) is 6.07 Å². The van der Waals surface area contributed by atoms with Crippen molar-refractivity contribution in [2.45, 2.75) is 0 Å². The SMILES string of the molecule is O=[N+]([O-])c1ccc(O)c2nonc12. The molecule has 7 heteroatoms. The molecule has 0 aliphatic heterocycles. The molecule has 0 aliphatic carbocycles. The summed E-state index contributed by atoms with van der Waals surface area (Å²) in [5, 5.41) is 26.3. The average Bonchev–Trinajstić information content (AvgIpc) is 2.53. The van der Waals surface area contributed by atoms with Crippen molar-refractivity contribution in [3.63, 3.8) is 0 Å². The molecule has 7 nitrogen and oxygen atoms in total. The number of aromatic hydroxyl groups is 1. The van der Waals surface area contributed by atoms with Crippen molar-refractivity contribution in [2.24, 2.45) is 0 Å². The zero-order chi connectivity index (χ0) is 9.42. The highest BCUT2D eigenvalue weighted by Gasteiger charge is 2.18. The number of hydrogen-bond acceptors (Lipinski definition) is 6. The van der Waals surface area contributed by atoms with Crippen molar-refractivity contribution < 1.29 is 14.7 Å². The minimum Gasteiger partial charge on any atom is -0.505 e. The normalized spacial score (nSPS) is 10.5. The summed E-state index contributed by atoms with van der Waals surface area (Å²) in [5.41, 5.74) is -0.298. The summed E-state index contributed by atoms with van der Waals surface area (Å²) in [4.78, 5) is 9.82. The highest BCUT2D eigenvalue weighted by Crippen LogP contribution is 2.28. The molecule has 2 aromatic rings. The summed E-state index contributed by atoms with van der Waals surface area (Å²) in [6.45, 7) is 0. The van der Waals surface area contributed by atoms with Crippen LogP contribution in [0.15, 0.2) is 16.8 Å². The second-order valence-corrected chi connectivity index (χ2v) is 2.32. The number of phenolic OH excluding ortho intramolecular Hbond substituents is 1.